The van der Waals surface area contributed by atoms with Gasteiger partial charge < -0.3 is 34.8 Å². The van der Waals surface area contributed by atoms with Crippen molar-refractivity contribution in [2.75, 3.05) is 51.1 Å². The Kier molecular flexibility index (Phi) is 12.8. The summed E-state index contributed by atoms with van der Waals surface area (Å²) in [6.45, 7) is 14.8. The van der Waals surface area contributed by atoms with Crippen LogP contribution in [0.5, 0.6) is 0 Å². The molecule has 0 bridgehead atoms. The molecule has 2 saturated heterocycles. The smallest absolute Gasteiger partial charge is 0.408 e. The lowest BCUT2D eigenvalue weighted by molar-refractivity contribution is -0.138. The fourth-order valence-electron chi connectivity index (χ4n) is 7.96. The predicted octanol–water partition coefficient (Wildman–Crippen LogP) is 5.17. The molecule has 58 heavy (non-hydrogen) atoms. The van der Waals surface area contributed by atoms with Crippen LogP contribution >= 0.6 is 0 Å². The topological polar surface area (TPSA) is 167 Å². The number of benzene rings is 2. The van der Waals surface area contributed by atoms with E-state index >= 15 is 0 Å². The molecule has 5 amide bonds. The Morgan fingerprint density at radius 1 is 0.845 bits per heavy atom. The van der Waals surface area contributed by atoms with Crippen molar-refractivity contribution in [2.24, 2.45) is 11.3 Å². The van der Waals surface area contributed by atoms with Crippen LogP contribution in [0.2, 0.25) is 0 Å². The highest BCUT2D eigenvalue weighted by molar-refractivity contribution is 5.90. The molecule has 1 aliphatic carbocycles. The van der Waals surface area contributed by atoms with Crippen molar-refractivity contribution in [3.63, 3.8) is 0 Å². The predicted molar refractivity (Wildman–Crippen MR) is 220 cm³/mol. The number of nitrogens with zero attached hydrogens (tertiary/aromatic N) is 5. The first kappa shape index (κ1) is 42.2. The Hall–Kier alpha value is -5.44. The molecule has 312 valence electrons. The van der Waals surface area contributed by atoms with Crippen LogP contribution < -0.4 is 21.6 Å². The molecule has 15 nitrogen and oxygen atoms in total. The Morgan fingerprint density at radius 3 is 2.14 bits per heavy atom. The van der Waals surface area contributed by atoms with Gasteiger partial charge in [0.1, 0.15) is 23.6 Å². The molecule has 1 spiro atoms. The molecule has 6 rings (SSSR count). The van der Waals surface area contributed by atoms with Crippen LogP contribution in [0.15, 0.2) is 71.7 Å². The number of amides is 5. The summed E-state index contributed by atoms with van der Waals surface area (Å²) >= 11 is 0. The molecule has 3 aromatic rings. The van der Waals surface area contributed by atoms with Crippen LogP contribution in [0.1, 0.15) is 71.9 Å². The number of urea groups is 1. The SMILES string of the molecule is CC(Cc1ccc(-n2ccc(NC(=O)N3CCN(C(=O)C(C)(C)NC(=O)OC(C)(C)C)CC3)nc2=O)cc1)N1CCC2(CC1)CC2CNC(=O)OCc1ccccc1. The van der Waals surface area contributed by atoms with Gasteiger partial charge in [-0.25, -0.2) is 19.2 Å². The first-order valence-corrected chi connectivity index (χ1v) is 20.2. The fraction of sp³-hybridized carbons (Fsp3) is 0.535. The average molecular weight is 799 g/mol. The normalized spacial score (nSPS) is 18.6. The first-order chi connectivity index (χ1) is 27.5. The minimum atomic E-state index is -1.19. The van der Waals surface area contributed by atoms with Gasteiger partial charge in [-0.15, -0.1) is 0 Å². The maximum atomic E-state index is 13.2. The van der Waals surface area contributed by atoms with E-state index in [2.05, 4.69) is 32.8 Å². The highest BCUT2D eigenvalue weighted by Gasteiger charge is 2.54. The van der Waals surface area contributed by atoms with Crippen molar-refractivity contribution in [2.45, 2.75) is 91.0 Å². The zero-order valence-electron chi connectivity index (χ0n) is 34.6. The third kappa shape index (κ3) is 10.9. The van der Waals surface area contributed by atoms with Gasteiger partial charge in [0.15, 0.2) is 0 Å². The van der Waals surface area contributed by atoms with Crippen LogP contribution in [0, 0.1) is 11.3 Å². The number of hydrogen-bond donors (Lipinski definition) is 3. The van der Waals surface area contributed by atoms with E-state index in [9.17, 15) is 24.0 Å². The molecule has 0 radical (unpaired) electrons. The molecule has 15 heteroatoms. The number of piperidine rings is 1. The van der Waals surface area contributed by atoms with E-state index in [1.807, 2.05) is 54.6 Å². The van der Waals surface area contributed by atoms with Crippen molar-refractivity contribution in [1.82, 2.24) is 34.9 Å². The molecule has 2 atom stereocenters. The molecule has 3 N–H and O–H groups in total. The number of carbonyl (C=O) groups excluding carboxylic acids is 4. The molecule has 1 aromatic heterocycles. The van der Waals surface area contributed by atoms with Crippen molar-refractivity contribution < 1.29 is 28.7 Å². The third-order valence-electron chi connectivity index (χ3n) is 11.5. The van der Waals surface area contributed by atoms with Gasteiger partial charge in [-0.05, 0) is 121 Å². The number of anilines is 1. The van der Waals surface area contributed by atoms with Crippen LogP contribution in [0.25, 0.3) is 5.69 Å². The highest BCUT2D eigenvalue weighted by atomic mass is 16.6. The molecule has 3 aliphatic rings. The second-order valence-corrected chi connectivity index (χ2v) is 17.4. The molecule has 3 heterocycles. The van der Waals surface area contributed by atoms with Gasteiger partial charge in [0.05, 0.1) is 5.69 Å². The lowest BCUT2D eigenvalue weighted by atomic mass is 9.89. The number of aromatic nitrogens is 2. The number of carbonyl (C=O) groups is 4. The second kappa shape index (κ2) is 17.6. The second-order valence-electron chi connectivity index (χ2n) is 17.4. The monoisotopic (exact) mass is 798 g/mol. The molecule has 3 fully saturated rings. The Balaban J connectivity index is 0.910. The molecular formula is C43H58N8O7. The van der Waals surface area contributed by atoms with Crippen LogP contribution in [0.4, 0.5) is 20.2 Å². The molecule has 1 saturated carbocycles. The summed E-state index contributed by atoms with van der Waals surface area (Å²) in [6, 6.07) is 19.1. The van der Waals surface area contributed by atoms with Crippen molar-refractivity contribution in [3.05, 3.63) is 88.5 Å². The van der Waals surface area contributed by atoms with Gasteiger partial charge in [-0.2, -0.15) is 4.98 Å². The van der Waals surface area contributed by atoms with Crippen LogP contribution in [-0.4, -0.2) is 111 Å². The number of alkyl carbamates (subject to hydrolysis) is 2. The Labute approximate surface area is 340 Å². The van der Waals surface area contributed by atoms with Gasteiger partial charge >= 0.3 is 23.9 Å². The maximum absolute atomic E-state index is 13.2. The van der Waals surface area contributed by atoms with E-state index in [-0.39, 0.29) is 50.6 Å². The van der Waals surface area contributed by atoms with Crippen LogP contribution in [0.3, 0.4) is 0 Å². The third-order valence-corrected chi connectivity index (χ3v) is 11.5. The van der Waals surface area contributed by atoms with E-state index in [1.165, 1.54) is 10.1 Å². The standard InChI is InChI=1S/C43H58N8O7/c1-30(48-20-17-43(18-21-48)27-33(43)28-44-39(55)57-29-32-10-8-7-9-11-32)26-31-12-14-34(15-13-31)51-19-16-35(46-38(51)54)45-37(53)50-24-22-49(23-25-50)36(52)42(5,6)47-40(56)58-41(2,3)4/h7-16,19,30,33H,17-18,20-29H2,1-6H3,(H,44,55)(H,47,56)(H,45,46,53,54). The number of likely N-dealkylation sites (tertiary alicyclic amines) is 1. The van der Waals surface area contributed by atoms with Crippen LogP contribution in [-0.2, 0) is 27.3 Å². The number of rotatable bonds is 11. The van der Waals surface area contributed by atoms with Gasteiger partial charge in [0, 0.05) is 45.0 Å². The van der Waals surface area contributed by atoms with E-state index in [4.69, 9.17) is 9.47 Å². The minimum absolute atomic E-state index is 0.135. The number of piperazine rings is 1. The van der Waals surface area contributed by atoms with Crippen molar-refractivity contribution in [1.29, 1.82) is 0 Å². The summed E-state index contributed by atoms with van der Waals surface area (Å²) in [5.74, 6) is 0.359. The summed E-state index contributed by atoms with van der Waals surface area (Å²) in [5, 5.41) is 8.32. The van der Waals surface area contributed by atoms with E-state index < -0.39 is 29.0 Å². The van der Waals surface area contributed by atoms with Gasteiger partial charge in [-0.3, -0.25) is 14.7 Å². The van der Waals surface area contributed by atoms with Gasteiger partial charge in [0.2, 0.25) is 5.91 Å². The molecule has 2 unspecified atom stereocenters. The number of hydrogen-bond acceptors (Lipinski definition) is 9. The summed E-state index contributed by atoms with van der Waals surface area (Å²) in [5.41, 5.74) is 0.737. The lowest BCUT2D eigenvalue weighted by Crippen LogP contribution is -2.60. The summed E-state index contributed by atoms with van der Waals surface area (Å²) < 4.78 is 12.1. The van der Waals surface area contributed by atoms with E-state index in [1.54, 1.807) is 56.7 Å². The summed E-state index contributed by atoms with van der Waals surface area (Å²) in [4.78, 5) is 73.6. The summed E-state index contributed by atoms with van der Waals surface area (Å²) in [7, 11) is 0. The number of nitrogens with one attached hydrogen (secondary N) is 3. The maximum Gasteiger partial charge on any atom is 0.408 e. The zero-order valence-corrected chi connectivity index (χ0v) is 34.6. The molecular weight excluding hydrogens is 741 g/mol. The summed E-state index contributed by atoms with van der Waals surface area (Å²) in [6.07, 6.45) is 4.84. The van der Waals surface area contributed by atoms with Crippen molar-refractivity contribution in [3.8, 4) is 5.69 Å². The van der Waals surface area contributed by atoms with E-state index in [0.29, 0.717) is 29.6 Å². The lowest BCUT2D eigenvalue weighted by Gasteiger charge is -2.38. The highest BCUT2D eigenvalue weighted by Crippen LogP contribution is 2.59. The van der Waals surface area contributed by atoms with Crippen molar-refractivity contribution >= 4 is 29.9 Å². The minimum Gasteiger partial charge on any atom is -0.445 e. The number of ether oxygens (including phenoxy) is 2. The molecule has 2 aromatic carbocycles. The van der Waals surface area contributed by atoms with Gasteiger partial charge in [0.25, 0.3) is 0 Å². The Morgan fingerprint density at radius 2 is 1.50 bits per heavy atom. The quantitative estimate of drug-likeness (QED) is 0.237. The zero-order chi connectivity index (χ0) is 41.7. The largest absolute Gasteiger partial charge is 0.445 e. The first-order valence-electron chi connectivity index (χ1n) is 20.2. The average Bonchev–Trinajstić information content (AvgIpc) is 3.86. The van der Waals surface area contributed by atoms with Gasteiger partial charge in [-0.1, -0.05) is 42.5 Å². The van der Waals surface area contributed by atoms with E-state index in [0.717, 1.165) is 44.3 Å². The Bertz CT molecular complexity index is 1980. The molecule has 2 aliphatic heterocycles. The fourth-order valence-corrected chi connectivity index (χ4v) is 7.96.